The molecule has 0 saturated heterocycles. The molecule has 0 bridgehead atoms. The molecule has 5 heteroatoms. The zero-order valence-corrected chi connectivity index (χ0v) is 15.5. The molecule has 0 spiro atoms. The van der Waals surface area contributed by atoms with Crippen molar-refractivity contribution < 1.29 is 19.0 Å². The molecule has 2 aromatic carbocycles. The van der Waals surface area contributed by atoms with Crippen LogP contribution in [0.25, 0.3) is 0 Å². The lowest BCUT2D eigenvalue weighted by Gasteiger charge is -2.18. The second kappa shape index (κ2) is 7.79. The summed E-state index contributed by atoms with van der Waals surface area (Å²) in [5.41, 5.74) is 2.60. The third-order valence-corrected chi connectivity index (χ3v) is 4.26. The third-order valence-electron chi connectivity index (χ3n) is 4.26. The summed E-state index contributed by atoms with van der Waals surface area (Å²) in [6.07, 6.45) is 0.881. The first-order valence-electron chi connectivity index (χ1n) is 8.78. The third kappa shape index (κ3) is 4.35. The van der Waals surface area contributed by atoms with E-state index in [4.69, 9.17) is 14.2 Å². The zero-order chi connectivity index (χ0) is 18.6. The first-order valence-corrected chi connectivity index (χ1v) is 8.78. The summed E-state index contributed by atoms with van der Waals surface area (Å²) in [5, 5.41) is 2.80. The summed E-state index contributed by atoms with van der Waals surface area (Å²) >= 11 is 0. The standard InChI is InChI=1S/C21H25NO4/c1-21(2)13-17-5-4-6-18(19(17)26-21)25-14-15-7-9-16(10-8-15)20(23)22-11-12-24-3/h4-10H,11-14H2,1-3H3,(H,22,23). The van der Waals surface area contributed by atoms with Gasteiger partial charge in [-0.3, -0.25) is 4.79 Å². The Balaban J connectivity index is 1.60. The molecule has 0 saturated carbocycles. The van der Waals surface area contributed by atoms with Gasteiger partial charge in [0.1, 0.15) is 12.2 Å². The minimum atomic E-state index is -0.195. The van der Waals surface area contributed by atoms with Crippen molar-refractivity contribution in [2.45, 2.75) is 32.5 Å². The van der Waals surface area contributed by atoms with Crippen LogP contribution in [0.5, 0.6) is 11.5 Å². The van der Waals surface area contributed by atoms with Gasteiger partial charge in [-0.15, -0.1) is 0 Å². The highest BCUT2D eigenvalue weighted by atomic mass is 16.5. The van der Waals surface area contributed by atoms with E-state index in [1.165, 1.54) is 5.56 Å². The quantitative estimate of drug-likeness (QED) is 0.774. The van der Waals surface area contributed by atoms with E-state index in [0.717, 1.165) is 23.5 Å². The molecule has 5 nitrogen and oxygen atoms in total. The molecule has 0 unspecified atom stereocenters. The van der Waals surface area contributed by atoms with Gasteiger partial charge in [0.15, 0.2) is 11.5 Å². The van der Waals surface area contributed by atoms with Gasteiger partial charge in [-0.2, -0.15) is 0 Å². The number of methoxy groups -OCH3 is 1. The molecule has 0 radical (unpaired) electrons. The maximum atomic E-state index is 12.0. The number of nitrogens with one attached hydrogen (secondary N) is 1. The normalized spacial score (nSPS) is 14.4. The highest BCUT2D eigenvalue weighted by Crippen LogP contribution is 2.41. The van der Waals surface area contributed by atoms with Gasteiger partial charge < -0.3 is 19.5 Å². The molecule has 1 N–H and O–H groups in total. The van der Waals surface area contributed by atoms with E-state index in [1.54, 1.807) is 19.2 Å². The van der Waals surface area contributed by atoms with Crippen LogP contribution >= 0.6 is 0 Å². The average Bonchev–Trinajstić information content (AvgIpc) is 2.95. The number of ether oxygens (including phenoxy) is 3. The van der Waals surface area contributed by atoms with Crippen LogP contribution in [0, 0.1) is 0 Å². The SMILES string of the molecule is COCCNC(=O)c1ccc(COc2cccc3c2OC(C)(C)C3)cc1. The first kappa shape index (κ1) is 18.3. The van der Waals surface area contributed by atoms with Gasteiger partial charge >= 0.3 is 0 Å². The molecule has 138 valence electrons. The van der Waals surface area contributed by atoms with Crippen LogP contribution in [0.4, 0.5) is 0 Å². The number of benzene rings is 2. The summed E-state index contributed by atoms with van der Waals surface area (Å²) < 4.78 is 16.9. The molecule has 0 aliphatic carbocycles. The molecule has 2 aromatic rings. The molecule has 0 atom stereocenters. The fourth-order valence-corrected chi connectivity index (χ4v) is 2.98. The van der Waals surface area contributed by atoms with Gasteiger partial charge in [-0.05, 0) is 37.6 Å². The van der Waals surface area contributed by atoms with Gasteiger partial charge in [0.2, 0.25) is 0 Å². The maximum absolute atomic E-state index is 12.0. The summed E-state index contributed by atoms with van der Waals surface area (Å²) in [7, 11) is 1.61. The van der Waals surface area contributed by atoms with Gasteiger partial charge in [0, 0.05) is 31.2 Å². The lowest BCUT2D eigenvalue weighted by atomic mass is 10.0. The van der Waals surface area contributed by atoms with E-state index in [2.05, 4.69) is 25.2 Å². The Hall–Kier alpha value is -2.53. The number of para-hydroxylation sites is 1. The second-order valence-electron chi connectivity index (χ2n) is 7.02. The number of carbonyl (C=O) groups excluding carboxylic acids is 1. The number of amides is 1. The number of fused-ring (bicyclic) bond motifs is 1. The fourth-order valence-electron chi connectivity index (χ4n) is 2.98. The molecule has 1 amide bonds. The summed E-state index contributed by atoms with van der Waals surface area (Å²) in [6, 6.07) is 13.4. The van der Waals surface area contributed by atoms with Crippen LogP contribution in [0.15, 0.2) is 42.5 Å². The van der Waals surface area contributed by atoms with E-state index >= 15 is 0 Å². The van der Waals surface area contributed by atoms with E-state index in [-0.39, 0.29) is 11.5 Å². The van der Waals surface area contributed by atoms with Crippen LogP contribution in [-0.4, -0.2) is 31.8 Å². The Kier molecular flexibility index (Phi) is 5.47. The molecule has 1 heterocycles. The maximum Gasteiger partial charge on any atom is 0.251 e. The van der Waals surface area contributed by atoms with Crippen molar-refractivity contribution in [1.82, 2.24) is 5.32 Å². The Bertz CT molecular complexity index is 768. The highest BCUT2D eigenvalue weighted by molar-refractivity contribution is 5.94. The molecule has 1 aliphatic rings. The van der Waals surface area contributed by atoms with Crippen LogP contribution in [0.1, 0.15) is 35.3 Å². The molecule has 1 aliphatic heterocycles. The number of hydrogen-bond donors (Lipinski definition) is 1. The molecular formula is C21H25NO4. The van der Waals surface area contributed by atoms with E-state index in [0.29, 0.717) is 25.3 Å². The van der Waals surface area contributed by atoms with Crippen molar-refractivity contribution in [3.05, 3.63) is 59.2 Å². The van der Waals surface area contributed by atoms with Crippen molar-refractivity contribution in [2.75, 3.05) is 20.3 Å². The lowest BCUT2D eigenvalue weighted by molar-refractivity contribution is 0.0937. The highest BCUT2D eigenvalue weighted by Gasteiger charge is 2.32. The van der Waals surface area contributed by atoms with Crippen molar-refractivity contribution in [1.29, 1.82) is 0 Å². The summed E-state index contributed by atoms with van der Waals surface area (Å²) in [6.45, 7) is 5.57. The fraction of sp³-hybridized carbons (Fsp3) is 0.381. The number of carbonyl (C=O) groups is 1. The molecule has 0 aromatic heterocycles. The molecule has 0 fully saturated rings. The Morgan fingerprint density at radius 1 is 1.19 bits per heavy atom. The van der Waals surface area contributed by atoms with E-state index < -0.39 is 0 Å². The van der Waals surface area contributed by atoms with Crippen molar-refractivity contribution in [3.63, 3.8) is 0 Å². The topological polar surface area (TPSA) is 56.8 Å². The largest absolute Gasteiger partial charge is 0.485 e. The Morgan fingerprint density at radius 3 is 2.69 bits per heavy atom. The summed E-state index contributed by atoms with van der Waals surface area (Å²) in [5.74, 6) is 1.49. The smallest absolute Gasteiger partial charge is 0.251 e. The first-order chi connectivity index (χ1) is 12.5. The lowest BCUT2D eigenvalue weighted by Crippen LogP contribution is -2.26. The predicted molar refractivity (Wildman–Crippen MR) is 99.8 cm³/mol. The molecular weight excluding hydrogens is 330 g/mol. The van der Waals surface area contributed by atoms with E-state index in [1.807, 2.05) is 24.3 Å². The van der Waals surface area contributed by atoms with Crippen molar-refractivity contribution >= 4 is 5.91 Å². The van der Waals surface area contributed by atoms with Crippen LogP contribution < -0.4 is 14.8 Å². The van der Waals surface area contributed by atoms with Gasteiger partial charge in [0.25, 0.3) is 5.91 Å². The van der Waals surface area contributed by atoms with Gasteiger partial charge in [-0.1, -0.05) is 24.3 Å². The second-order valence-corrected chi connectivity index (χ2v) is 7.02. The van der Waals surface area contributed by atoms with Crippen LogP contribution in [0.3, 0.4) is 0 Å². The minimum absolute atomic E-state index is 0.106. The molecule has 3 rings (SSSR count). The molecule has 26 heavy (non-hydrogen) atoms. The Morgan fingerprint density at radius 2 is 1.96 bits per heavy atom. The number of rotatable bonds is 7. The van der Waals surface area contributed by atoms with E-state index in [9.17, 15) is 4.79 Å². The van der Waals surface area contributed by atoms with Gasteiger partial charge in [-0.25, -0.2) is 0 Å². The minimum Gasteiger partial charge on any atom is -0.485 e. The van der Waals surface area contributed by atoms with Crippen molar-refractivity contribution in [2.24, 2.45) is 0 Å². The summed E-state index contributed by atoms with van der Waals surface area (Å²) in [4.78, 5) is 12.0. The van der Waals surface area contributed by atoms with Crippen LogP contribution in [0.2, 0.25) is 0 Å². The predicted octanol–water partition coefficient (Wildman–Crippen LogP) is 3.36. The average molecular weight is 355 g/mol. The monoisotopic (exact) mass is 355 g/mol. The Labute approximate surface area is 154 Å². The van der Waals surface area contributed by atoms with Crippen LogP contribution in [-0.2, 0) is 17.8 Å². The zero-order valence-electron chi connectivity index (χ0n) is 15.5. The number of hydrogen-bond acceptors (Lipinski definition) is 4. The van der Waals surface area contributed by atoms with Crippen molar-refractivity contribution in [3.8, 4) is 11.5 Å². The van der Waals surface area contributed by atoms with Gasteiger partial charge in [0.05, 0.1) is 6.61 Å².